The minimum Gasteiger partial charge on any atom is -0.495 e. The van der Waals surface area contributed by atoms with Gasteiger partial charge in [0.15, 0.2) is 5.82 Å². The summed E-state index contributed by atoms with van der Waals surface area (Å²) in [5.74, 6) is 0.575. The van der Waals surface area contributed by atoms with E-state index in [1.54, 1.807) is 48.0 Å². The van der Waals surface area contributed by atoms with Crippen molar-refractivity contribution in [1.29, 1.82) is 0 Å². The van der Waals surface area contributed by atoms with Crippen LogP contribution in [0.4, 0.5) is 16.0 Å². The van der Waals surface area contributed by atoms with E-state index >= 15 is 4.39 Å². The number of benzene rings is 4. The fourth-order valence-corrected chi connectivity index (χ4v) is 4.90. The highest BCUT2D eigenvalue weighted by Crippen LogP contribution is 2.39. The molecule has 0 spiro atoms. The molecule has 6 rings (SSSR count). The number of allylic oxidation sites excluding steroid dienone is 1. The van der Waals surface area contributed by atoms with Crippen LogP contribution in [0.25, 0.3) is 22.2 Å². The fraction of sp³-hybridized carbons (Fsp3) is 0.100. The smallest absolute Gasteiger partial charge is 0.255 e. The van der Waals surface area contributed by atoms with E-state index in [-0.39, 0.29) is 0 Å². The molecule has 1 amide bonds. The SMILES string of the molecule is COc1ccccc1NC(=O)C1=C(C)Nc2nc(-c3cccc4ccccc34)nn2C1c1ccccc1F. The van der Waals surface area contributed by atoms with Crippen LogP contribution in [0.2, 0.25) is 0 Å². The summed E-state index contributed by atoms with van der Waals surface area (Å²) in [6.07, 6.45) is 0. The predicted octanol–water partition coefficient (Wildman–Crippen LogP) is 6.17. The number of fused-ring (bicyclic) bond motifs is 2. The standard InChI is InChI=1S/C30H24FN5O2/c1-18-26(29(37)33-24-16-7-8-17-25(24)38-2)27(22-13-5-6-15-23(22)31)36-30(32-18)34-28(35-36)21-14-9-11-19-10-3-4-12-20(19)21/h3-17,27H,1-2H3,(H,33,37)(H,32,34,35). The number of amides is 1. The van der Waals surface area contributed by atoms with Crippen LogP contribution in [0, 0.1) is 5.82 Å². The molecule has 188 valence electrons. The maximum atomic E-state index is 15.3. The van der Waals surface area contributed by atoms with Gasteiger partial charge in [-0.2, -0.15) is 4.98 Å². The predicted molar refractivity (Wildman–Crippen MR) is 145 cm³/mol. The van der Waals surface area contributed by atoms with Gasteiger partial charge in [-0.15, -0.1) is 5.10 Å². The Morgan fingerprint density at radius 3 is 2.55 bits per heavy atom. The number of nitrogens with zero attached hydrogens (tertiary/aromatic N) is 3. The number of carbonyl (C=O) groups excluding carboxylic acids is 1. The highest BCUT2D eigenvalue weighted by Gasteiger charge is 2.36. The van der Waals surface area contributed by atoms with Crippen LogP contribution >= 0.6 is 0 Å². The van der Waals surface area contributed by atoms with Gasteiger partial charge < -0.3 is 15.4 Å². The van der Waals surface area contributed by atoms with Gasteiger partial charge in [-0.05, 0) is 35.9 Å². The zero-order valence-electron chi connectivity index (χ0n) is 20.8. The summed E-state index contributed by atoms with van der Waals surface area (Å²) in [7, 11) is 1.54. The molecular formula is C30H24FN5O2. The molecule has 2 heterocycles. The van der Waals surface area contributed by atoms with Crippen molar-refractivity contribution in [3.05, 3.63) is 114 Å². The van der Waals surface area contributed by atoms with E-state index in [2.05, 4.69) is 10.6 Å². The molecule has 0 bridgehead atoms. The van der Waals surface area contributed by atoms with E-state index in [0.717, 1.165) is 16.3 Å². The summed E-state index contributed by atoms with van der Waals surface area (Å²) in [4.78, 5) is 18.5. The van der Waals surface area contributed by atoms with Gasteiger partial charge in [-0.3, -0.25) is 4.79 Å². The van der Waals surface area contributed by atoms with Crippen molar-refractivity contribution in [2.24, 2.45) is 0 Å². The lowest BCUT2D eigenvalue weighted by Gasteiger charge is -2.29. The molecule has 1 aromatic heterocycles. The average molecular weight is 506 g/mol. The molecule has 38 heavy (non-hydrogen) atoms. The quantitative estimate of drug-likeness (QED) is 0.298. The molecule has 0 radical (unpaired) electrons. The van der Waals surface area contributed by atoms with Crippen LogP contribution in [-0.4, -0.2) is 27.8 Å². The topological polar surface area (TPSA) is 81.1 Å². The highest BCUT2D eigenvalue weighted by molar-refractivity contribution is 6.06. The van der Waals surface area contributed by atoms with Crippen molar-refractivity contribution in [3.63, 3.8) is 0 Å². The number of rotatable bonds is 5. The van der Waals surface area contributed by atoms with Crippen LogP contribution < -0.4 is 15.4 Å². The maximum absolute atomic E-state index is 15.3. The molecule has 8 heteroatoms. The number of anilines is 2. The monoisotopic (exact) mass is 505 g/mol. The third-order valence-corrected chi connectivity index (χ3v) is 6.68. The molecule has 2 N–H and O–H groups in total. The summed E-state index contributed by atoms with van der Waals surface area (Å²) in [5.41, 5.74) is 2.54. The first kappa shape index (κ1) is 23.4. The van der Waals surface area contributed by atoms with Gasteiger partial charge in [0.25, 0.3) is 5.91 Å². The number of aromatic nitrogens is 3. The first-order valence-electron chi connectivity index (χ1n) is 12.2. The van der Waals surface area contributed by atoms with Crippen LogP contribution in [-0.2, 0) is 4.79 Å². The van der Waals surface area contributed by atoms with Gasteiger partial charge in [0.1, 0.15) is 17.6 Å². The molecule has 0 saturated heterocycles. The van der Waals surface area contributed by atoms with E-state index in [4.69, 9.17) is 14.8 Å². The van der Waals surface area contributed by atoms with Crippen LogP contribution in [0.15, 0.2) is 102 Å². The molecule has 1 aliphatic heterocycles. The van der Waals surface area contributed by atoms with Crippen molar-refractivity contribution in [3.8, 4) is 17.1 Å². The lowest BCUT2D eigenvalue weighted by molar-refractivity contribution is -0.113. The number of hydrogen-bond acceptors (Lipinski definition) is 5. The Morgan fingerprint density at radius 2 is 1.71 bits per heavy atom. The lowest BCUT2D eigenvalue weighted by Crippen LogP contribution is -2.32. The zero-order chi connectivity index (χ0) is 26.2. The second-order valence-electron chi connectivity index (χ2n) is 8.97. The Bertz CT molecular complexity index is 1720. The summed E-state index contributed by atoms with van der Waals surface area (Å²) in [6.45, 7) is 1.78. The third kappa shape index (κ3) is 3.96. The van der Waals surface area contributed by atoms with Crippen molar-refractivity contribution >= 4 is 28.3 Å². The molecule has 7 nitrogen and oxygen atoms in total. The van der Waals surface area contributed by atoms with E-state index < -0.39 is 17.8 Å². The normalized spacial score (nSPS) is 14.7. The summed E-state index contributed by atoms with van der Waals surface area (Å²) in [6, 6.07) is 26.6. The minimum atomic E-state index is -0.849. The molecule has 5 aromatic rings. The third-order valence-electron chi connectivity index (χ3n) is 6.68. The zero-order valence-corrected chi connectivity index (χ0v) is 20.8. The van der Waals surface area contributed by atoms with Crippen LogP contribution in [0.5, 0.6) is 5.75 Å². The van der Waals surface area contributed by atoms with Crippen LogP contribution in [0.1, 0.15) is 18.5 Å². The summed E-state index contributed by atoms with van der Waals surface area (Å²) < 4.78 is 22.2. The first-order valence-corrected chi connectivity index (χ1v) is 12.2. The number of methoxy groups -OCH3 is 1. The Morgan fingerprint density at radius 1 is 0.974 bits per heavy atom. The number of carbonyl (C=O) groups is 1. The Labute approximate surface area is 218 Å². The molecule has 1 atom stereocenters. The van der Waals surface area contributed by atoms with E-state index in [1.807, 2.05) is 48.5 Å². The Hall–Kier alpha value is -4.98. The van der Waals surface area contributed by atoms with Gasteiger partial charge >= 0.3 is 0 Å². The number of para-hydroxylation sites is 2. The Balaban J connectivity index is 1.49. The van der Waals surface area contributed by atoms with Crippen molar-refractivity contribution in [2.45, 2.75) is 13.0 Å². The number of ether oxygens (including phenoxy) is 1. The van der Waals surface area contributed by atoms with Gasteiger partial charge in [-0.25, -0.2) is 9.07 Å². The molecule has 0 aliphatic carbocycles. The minimum absolute atomic E-state index is 0.314. The first-order chi connectivity index (χ1) is 18.5. The largest absolute Gasteiger partial charge is 0.495 e. The number of hydrogen-bond donors (Lipinski definition) is 2. The van der Waals surface area contributed by atoms with Crippen LogP contribution in [0.3, 0.4) is 0 Å². The molecule has 1 aliphatic rings. The van der Waals surface area contributed by atoms with Gasteiger partial charge in [-0.1, -0.05) is 72.8 Å². The second-order valence-corrected chi connectivity index (χ2v) is 8.97. The van der Waals surface area contributed by atoms with E-state index in [9.17, 15) is 4.79 Å². The van der Waals surface area contributed by atoms with Crippen molar-refractivity contribution in [1.82, 2.24) is 14.8 Å². The molecule has 0 saturated carbocycles. The second kappa shape index (κ2) is 9.48. The average Bonchev–Trinajstić information content (AvgIpc) is 3.36. The van der Waals surface area contributed by atoms with Gasteiger partial charge in [0.05, 0.1) is 18.4 Å². The van der Waals surface area contributed by atoms with Gasteiger partial charge in [0, 0.05) is 16.8 Å². The molecule has 0 fully saturated rings. The lowest BCUT2D eigenvalue weighted by atomic mass is 9.94. The van der Waals surface area contributed by atoms with Crippen molar-refractivity contribution < 1.29 is 13.9 Å². The number of halogens is 1. The molecule has 1 unspecified atom stereocenters. The highest BCUT2D eigenvalue weighted by atomic mass is 19.1. The molecule has 4 aromatic carbocycles. The van der Waals surface area contributed by atoms with E-state index in [1.165, 1.54) is 13.2 Å². The maximum Gasteiger partial charge on any atom is 0.255 e. The summed E-state index contributed by atoms with van der Waals surface area (Å²) >= 11 is 0. The van der Waals surface area contributed by atoms with Crippen molar-refractivity contribution in [2.75, 3.05) is 17.7 Å². The number of nitrogens with one attached hydrogen (secondary N) is 2. The Kier molecular flexibility index (Phi) is 5.84. The molecular weight excluding hydrogens is 481 g/mol. The fourth-order valence-electron chi connectivity index (χ4n) is 4.90. The summed E-state index contributed by atoms with van der Waals surface area (Å²) in [5, 5.41) is 13.0. The van der Waals surface area contributed by atoms with E-state index in [0.29, 0.717) is 40.0 Å². The van der Waals surface area contributed by atoms with Gasteiger partial charge in [0.2, 0.25) is 5.95 Å².